The molecule has 0 radical (unpaired) electrons. The summed E-state index contributed by atoms with van der Waals surface area (Å²) >= 11 is 0. The van der Waals surface area contributed by atoms with E-state index in [1.165, 1.54) is 20.8 Å². The van der Waals surface area contributed by atoms with E-state index in [1.807, 2.05) is 55.4 Å². The maximum Gasteiger partial charge on any atom is 0.303 e. The van der Waals surface area contributed by atoms with Crippen molar-refractivity contribution in [3.63, 3.8) is 0 Å². The van der Waals surface area contributed by atoms with Crippen molar-refractivity contribution < 1.29 is 28.6 Å². The monoisotopic (exact) mass is 488 g/mol. The van der Waals surface area contributed by atoms with Gasteiger partial charge in [-0.2, -0.15) is 0 Å². The van der Waals surface area contributed by atoms with Crippen LogP contribution in [-0.2, 0) is 28.6 Å². The minimum Gasteiger partial charge on any atom is -0.460 e. The van der Waals surface area contributed by atoms with Crippen molar-refractivity contribution in [2.45, 2.75) is 147 Å². The number of hydrogen-bond acceptors (Lipinski definition) is 6. The molecule has 0 aromatic heterocycles. The van der Waals surface area contributed by atoms with Gasteiger partial charge in [0.15, 0.2) is 0 Å². The first kappa shape index (κ1) is 37.0. The number of rotatable bonds is 7. The summed E-state index contributed by atoms with van der Waals surface area (Å²) in [4.78, 5) is 32.1. The predicted molar refractivity (Wildman–Crippen MR) is 141 cm³/mol. The maximum atomic E-state index is 10.9. The van der Waals surface area contributed by atoms with Gasteiger partial charge in [-0.1, -0.05) is 55.4 Å². The Bertz CT molecular complexity index is 632. The summed E-state index contributed by atoms with van der Waals surface area (Å²) in [6, 6.07) is 0. The molecule has 0 saturated carbocycles. The molecule has 0 saturated heterocycles. The molecular formula is C28H56O6. The van der Waals surface area contributed by atoms with Crippen LogP contribution >= 0.6 is 0 Å². The zero-order chi connectivity index (χ0) is 28.3. The van der Waals surface area contributed by atoms with Crippen LogP contribution in [-0.4, -0.2) is 34.7 Å². The van der Waals surface area contributed by atoms with Gasteiger partial charge in [0.25, 0.3) is 0 Å². The fourth-order valence-electron chi connectivity index (χ4n) is 2.58. The summed E-state index contributed by atoms with van der Waals surface area (Å²) in [5.74, 6) is -0.266. The molecule has 0 amide bonds. The molecule has 6 heteroatoms. The van der Waals surface area contributed by atoms with Crippen LogP contribution in [0.5, 0.6) is 0 Å². The van der Waals surface area contributed by atoms with E-state index in [0.717, 1.165) is 12.8 Å². The summed E-state index contributed by atoms with van der Waals surface area (Å²) in [6.45, 7) is 32.6. The molecule has 0 fully saturated rings. The van der Waals surface area contributed by atoms with E-state index in [0.29, 0.717) is 5.92 Å². The summed E-state index contributed by atoms with van der Waals surface area (Å²) in [6.07, 6.45) is 2.04. The number of hydrogen-bond donors (Lipinski definition) is 0. The summed E-state index contributed by atoms with van der Waals surface area (Å²) in [7, 11) is 0. The average molecular weight is 489 g/mol. The smallest absolute Gasteiger partial charge is 0.303 e. The van der Waals surface area contributed by atoms with Gasteiger partial charge in [0.1, 0.15) is 16.8 Å². The normalized spacial score (nSPS) is 12.5. The van der Waals surface area contributed by atoms with E-state index in [1.54, 1.807) is 0 Å². The zero-order valence-electron chi connectivity index (χ0n) is 25.4. The lowest BCUT2D eigenvalue weighted by molar-refractivity contribution is -0.168. The Balaban J connectivity index is -0.000000428. The van der Waals surface area contributed by atoms with E-state index in [4.69, 9.17) is 14.2 Å². The highest BCUT2D eigenvalue weighted by Crippen LogP contribution is 2.40. The van der Waals surface area contributed by atoms with Crippen LogP contribution in [0.15, 0.2) is 0 Å². The van der Waals surface area contributed by atoms with Crippen molar-refractivity contribution in [1.82, 2.24) is 0 Å². The third-order valence-electron chi connectivity index (χ3n) is 7.42. The molecule has 0 spiro atoms. The molecule has 0 atom stereocenters. The van der Waals surface area contributed by atoms with Crippen LogP contribution in [0, 0.1) is 16.7 Å². The Kier molecular flexibility index (Phi) is 15.3. The lowest BCUT2D eigenvalue weighted by Gasteiger charge is -2.42. The van der Waals surface area contributed by atoms with Crippen LogP contribution in [0.4, 0.5) is 0 Å². The first-order valence-corrected chi connectivity index (χ1v) is 12.4. The molecule has 0 aromatic rings. The van der Waals surface area contributed by atoms with E-state index in [2.05, 4.69) is 41.5 Å². The Morgan fingerprint density at radius 1 is 0.588 bits per heavy atom. The van der Waals surface area contributed by atoms with Crippen molar-refractivity contribution in [3.05, 3.63) is 0 Å². The van der Waals surface area contributed by atoms with Gasteiger partial charge in [0.2, 0.25) is 0 Å². The third kappa shape index (κ3) is 14.0. The Morgan fingerprint density at radius 3 is 1.03 bits per heavy atom. The van der Waals surface area contributed by atoms with Crippen LogP contribution in [0.25, 0.3) is 0 Å². The van der Waals surface area contributed by atoms with Crippen molar-refractivity contribution >= 4 is 17.9 Å². The molecule has 0 aromatic carbocycles. The van der Waals surface area contributed by atoms with Crippen LogP contribution in [0.1, 0.15) is 131 Å². The number of ether oxygens (including phenoxy) is 3. The molecule has 34 heavy (non-hydrogen) atoms. The zero-order valence-corrected chi connectivity index (χ0v) is 25.4. The topological polar surface area (TPSA) is 78.9 Å². The van der Waals surface area contributed by atoms with Gasteiger partial charge in [0, 0.05) is 31.6 Å². The largest absolute Gasteiger partial charge is 0.460 e. The van der Waals surface area contributed by atoms with Crippen LogP contribution in [0.2, 0.25) is 0 Å². The number of esters is 3. The number of carbonyl (C=O) groups excluding carboxylic acids is 3. The summed E-state index contributed by atoms with van der Waals surface area (Å²) < 4.78 is 15.6. The molecule has 0 aliphatic heterocycles. The van der Waals surface area contributed by atoms with Gasteiger partial charge in [-0.05, 0) is 60.3 Å². The van der Waals surface area contributed by atoms with Crippen molar-refractivity contribution in [1.29, 1.82) is 0 Å². The van der Waals surface area contributed by atoms with Gasteiger partial charge in [-0.3, -0.25) is 14.4 Å². The predicted octanol–water partition coefficient (Wildman–Crippen LogP) is 7.51. The molecule has 0 heterocycles. The van der Waals surface area contributed by atoms with Crippen molar-refractivity contribution in [2.24, 2.45) is 16.7 Å². The second-order valence-corrected chi connectivity index (χ2v) is 12.1. The first-order valence-electron chi connectivity index (χ1n) is 12.4. The summed E-state index contributed by atoms with van der Waals surface area (Å²) in [5, 5.41) is 0. The van der Waals surface area contributed by atoms with E-state index < -0.39 is 5.60 Å². The molecule has 204 valence electrons. The van der Waals surface area contributed by atoms with E-state index in [9.17, 15) is 14.4 Å². The van der Waals surface area contributed by atoms with Crippen LogP contribution in [0.3, 0.4) is 0 Å². The lowest BCUT2D eigenvalue weighted by atomic mass is 9.71. The minimum absolute atomic E-state index is 0.0152. The third-order valence-corrected chi connectivity index (χ3v) is 7.42. The van der Waals surface area contributed by atoms with E-state index >= 15 is 0 Å². The van der Waals surface area contributed by atoms with Gasteiger partial charge < -0.3 is 14.2 Å². The molecule has 0 aliphatic carbocycles. The first-order chi connectivity index (χ1) is 14.8. The second-order valence-electron chi connectivity index (χ2n) is 12.1. The van der Waals surface area contributed by atoms with Crippen molar-refractivity contribution in [3.8, 4) is 0 Å². The molecule has 6 nitrogen and oxygen atoms in total. The van der Waals surface area contributed by atoms with E-state index in [-0.39, 0.29) is 39.9 Å². The highest BCUT2D eigenvalue weighted by molar-refractivity contribution is 5.67. The lowest BCUT2D eigenvalue weighted by Crippen LogP contribution is -2.44. The molecule has 0 N–H and O–H groups in total. The average Bonchev–Trinajstić information content (AvgIpc) is 2.57. The SMILES string of the molecule is CC(=O)OC(C)(C)C(C)(C)C.CC(=O)OC(C)(C)C(C)C.CCC(C)(CC)C(C)(C)OC(C)=O. The molecule has 0 aliphatic rings. The van der Waals surface area contributed by atoms with Crippen molar-refractivity contribution in [2.75, 3.05) is 0 Å². The number of carbonyl (C=O) groups is 3. The van der Waals surface area contributed by atoms with Gasteiger partial charge >= 0.3 is 17.9 Å². The fourth-order valence-corrected chi connectivity index (χ4v) is 2.58. The molecular weight excluding hydrogens is 432 g/mol. The maximum absolute atomic E-state index is 10.9. The standard InChI is InChI=1S/C11H22O2.C9H18O2.C8H16O2/c1-7-11(6,8-2)10(4,5)13-9(3)12;1-7(10)11-9(5,6)8(2,3)4;1-6(2)8(4,5)10-7(3)9/h7-8H2,1-6H3;1-6H3;6H,1-5H3. The second kappa shape index (κ2) is 14.1. The Hall–Kier alpha value is -1.59. The Morgan fingerprint density at radius 2 is 0.882 bits per heavy atom. The highest BCUT2D eigenvalue weighted by Gasteiger charge is 2.40. The van der Waals surface area contributed by atoms with Gasteiger partial charge in [-0.15, -0.1) is 0 Å². The summed E-state index contributed by atoms with van der Waals surface area (Å²) in [5.41, 5.74) is -1.04. The Labute approximate surface area is 210 Å². The minimum atomic E-state index is -0.390. The van der Waals surface area contributed by atoms with Gasteiger partial charge in [0.05, 0.1) is 0 Å². The molecule has 0 rings (SSSR count). The fraction of sp³-hybridized carbons (Fsp3) is 0.893. The molecule has 0 bridgehead atoms. The van der Waals surface area contributed by atoms with Gasteiger partial charge in [-0.25, -0.2) is 0 Å². The highest BCUT2D eigenvalue weighted by atomic mass is 16.6. The molecule has 0 unspecified atom stereocenters. The quantitative estimate of drug-likeness (QED) is 0.272. The van der Waals surface area contributed by atoms with Crippen LogP contribution < -0.4 is 0 Å².